The number of hydrogen-bond acceptors (Lipinski definition) is 5. The van der Waals surface area contributed by atoms with Gasteiger partial charge in [-0.2, -0.15) is 0 Å². The number of thiophene rings is 1. The minimum absolute atomic E-state index is 0.0438. The zero-order valence-electron chi connectivity index (χ0n) is 10.6. The van der Waals surface area contributed by atoms with Crippen molar-refractivity contribution >= 4 is 38.3 Å². The molecule has 0 aliphatic rings. The number of benzene rings is 1. The van der Waals surface area contributed by atoms with Gasteiger partial charge in [0.2, 0.25) is 0 Å². The molecule has 3 rings (SSSR count). The van der Waals surface area contributed by atoms with E-state index in [1.54, 1.807) is 17.5 Å². The van der Waals surface area contributed by atoms with Gasteiger partial charge in [0.15, 0.2) is 0 Å². The van der Waals surface area contributed by atoms with E-state index < -0.39 is 0 Å². The van der Waals surface area contributed by atoms with Crippen molar-refractivity contribution in [2.45, 2.75) is 12.5 Å². The molecule has 6 heteroatoms. The Morgan fingerprint density at radius 1 is 1.20 bits per heavy atom. The molecule has 0 amide bonds. The van der Waals surface area contributed by atoms with Crippen molar-refractivity contribution in [3.63, 3.8) is 0 Å². The van der Waals surface area contributed by atoms with Crippen LogP contribution < -0.4 is 11.3 Å². The lowest BCUT2D eigenvalue weighted by Crippen LogP contribution is -2.30. The van der Waals surface area contributed by atoms with Crippen LogP contribution in [0.2, 0.25) is 0 Å². The summed E-state index contributed by atoms with van der Waals surface area (Å²) >= 11 is 5.17. The third kappa shape index (κ3) is 2.88. The highest BCUT2D eigenvalue weighted by atomic mass is 79.9. The van der Waals surface area contributed by atoms with E-state index in [-0.39, 0.29) is 6.04 Å². The van der Waals surface area contributed by atoms with Gasteiger partial charge in [-0.25, -0.2) is 4.98 Å². The molecule has 0 aliphatic carbocycles. The number of aromatic nitrogens is 2. The molecular formula is C14H13BrN4S. The fraction of sp³-hybridized carbons (Fsp3) is 0.143. The number of para-hydroxylation sites is 2. The van der Waals surface area contributed by atoms with E-state index in [1.807, 2.05) is 30.3 Å². The fourth-order valence-corrected chi connectivity index (χ4v) is 3.58. The van der Waals surface area contributed by atoms with Crippen molar-refractivity contribution in [3.05, 3.63) is 57.0 Å². The highest BCUT2D eigenvalue weighted by Crippen LogP contribution is 2.26. The first kappa shape index (κ1) is 13.6. The highest BCUT2D eigenvalue weighted by molar-refractivity contribution is 9.11. The van der Waals surface area contributed by atoms with Gasteiger partial charge in [0.25, 0.3) is 0 Å². The Kier molecular flexibility index (Phi) is 4.07. The molecule has 2 heterocycles. The minimum Gasteiger partial charge on any atom is -0.271 e. The molecule has 0 bridgehead atoms. The predicted molar refractivity (Wildman–Crippen MR) is 85.3 cm³/mol. The van der Waals surface area contributed by atoms with Crippen LogP contribution in [-0.4, -0.2) is 9.97 Å². The van der Waals surface area contributed by atoms with E-state index >= 15 is 0 Å². The molecular weight excluding hydrogens is 336 g/mol. The minimum atomic E-state index is -0.0438. The average molecular weight is 349 g/mol. The summed E-state index contributed by atoms with van der Waals surface area (Å²) in [4.78, 5) is 10.3. The van der Waals surface area contributed by atoms with Crippen molar-refractivity contribution in [3.8, 4) is 0 Å². The Hall–Kier alpha value is -1.34. The van der Waals surface area contributed by atoms with Crippen LogP contribution in [0.15, 0.2) is 46.4 Å². The predicted octanol–water partition coefficient (Wildman–Crippen LogP) is 3.20. The van der Waals surface area contributed by atoms with Gasteiger partial charge in [0.1, 0.15) is 0 Å². The summed E-state index contributed by atoms with van der Waals surface area (Å²) in [7, 11) is 0. The van der Waals surface area contributed by atoms with Gasteiger partial charge < -0.3 is 0 Å². The average Bonchev–Trinajstić information content (AvgIpc) is 2.89. The molecule has 1 unspecified atom stereocenters. The van der Waals surface area contributed by atoms with Crippen LogP contribution in [0.5, 0.6) is 0 Å². The Morgan fingerprint density at radius 3 is 2.70 bits per heavy atom. The van der Waals surface area contributed by atoms with Crippen molar-refractivity contribution in [2.75, 3.05) is 0 Å². The number of fused-ring (bicyclic) bond motifs is 1. The molecule has 2 aromatic heterocycles. The molecule has 4 nitrogen and oxygen atoms in total. The maximum Gasteiger partial charge on any atom is 0.0890 e. The molecule has 0 radical (unpaired) electrons. The third-order valence-electron chi connectivity index (χ3n) is 3.06. The normalized spacial score (nSPS) is 12.7. The molecule has 1 atom stereocenters. The zero-order valence-corrected chi connectivity index (χ0v) is 13.0. The molecule has 0 saturated carbocycles. The number of nitrogens with zero attached hydrogens (tertiary/aromatic N) is 2. The number of nitrogens with two attached hydrogens (primary N) is 1. The summed E-state index contributed by atoms with van der Waals surface area (Å²) in [5, 5.41) is 0. The quantitative estimate of drug-likeness (QED) is 0.561. The number of hydrazine groups is 1. The third-order valence-corrected chi connectivity index (χ3v) is 4.71. The van der Waals surface area contributed by atoms with Gasteiger partial charge in [0, 0.05) is 11.3 Å². The number of nitrogens with one attached hydrogen (secondary N) is 1. The summed E-state index contributed by atoms with van der Waals surface area (Å²) in [6, 6.07) is 11.9. The maximum absolute atomic E-state index is 5.68. The first-order chi connectivity index (χ1) is 9.76. The van der Waals surface area contributed by atoms with Gasteiger partial charge in [0.05, 0.1) is 32.8 Å². The molecule has 3 aromatic rings. The van der Waals surface area contributed by atoms with E-state index in [9.17, 15) is 0 Å². The van der Waals surface area contributed by atoms with Crippen LogP contribution in [-0.2, 0) is 6.42 Å². The second-order valence-corrected chi connectivity index (χ2v) is 6.96. The monoisotopic (exact) mass is 348 g/mol. The van der Waals surface area contributed by atoms with Gasteiger partial charge in [-0.3, -0.25) is 16.3 Å². The maximum atomic E-state index is 5.68. The smallest absolute Gasteiger partial charge is 0.0890 e. The Morgan fingerprint density at radius 2 is 2.00 bits per heavy atom. The zero-order chi connectivity index (χ0) is 13.9. The largest absolute Gasteiger partial charge is 0.271 e. The van der Waals surface area contributed by atoms with Crippen LogP contribution >= 0.6 is 27.3 Å². The van der Waals surface area contributed by atoms with Gasteiger partial charge in [-0.05, 0) is 40.2 Å². The van der Waals surface area contributed by atoms with Crippen LogP contribution in [0, 0.1) is 0 Å². The Labute approximate surface area is 129 Å². The summed E-state index contributed by atoms with van der Waals surface area (Å²) in [6.07, 6.45) is 2.58. The molecule has 20 heavy (non-hydrogen) atoms. The Bertz CT molecular complexity index is 728. The first-order valence-electron chi connectivity index (χ1n) is 6.18. The van der Waals surface area contributed by atoms with Gasteiger partial charge in [-0.15, -0.1) is 11.3 Å². The number of halogens is 1. The molecule has 0 aliphatic heterocycles. The summed E-state index contributed by atoms with van der Waals surface area (Å²) in [6.45, 7) is 0. The topological polar surface area (TPSA) is 63.8 Å². The first-order valence-corrected chi connectivity index (χ1v) is 7.79. The van der Waals surface area contributed by atoms with Crippen LogP contribution in [0.1, 0.15) is 16.6 Å². The molecule has 1 aromatic carbocycles. The van der Waals surface area contributed by atoms with Gasteiger partial charge >= 0.3 is 0 Å². The Balaban J connectivity index is 1.90. The molecule has 0 spiro atoms. The summed E-state index contributed by atoms with van der Waals surface area (Å²) in [5.74, 6) is 5.68. The lowest BCUT2D eigenvalue weighted by Gasteiger charge is -2.14. The SMILES string of the molecule is NNC(Cc1ccc(Br)s1)c1cnc2ccccc2n1. The van der Waals surface area contributed by atoms with E-state index in [4.69, 9.17) is 5.84 Å². The standard InChI is InChI=1S/C14H13BrN4S/c15-14-6-5-9(20-14)7-12(19-16)13-8-17-10-3-1-2-4-11(10)18-13/h1-6,8,12,19H,7,16H2. The van der Waals surface area contributed by atoms with E-state index in [1.165, 1.54) is 4.88 Å². The fourth-order valence-electron chi connectivity index (χ4n) is 2.05. The van der Waals surface area contributed by atoms with Gasteiger partial charge in [-0.1, -0.05) is 12.1 Å². The van der Waals surface area contributed by atoms with Crippen molar-refractivity contribution in [1.82, 2.24) is 15.4 Å². The van der Waals surface area contributed by atoms with Crippen LogP contribution in [0.25, 0.3) is 11.0 Å². The molecule has 3 N–H and O–H groups in total. The van der Waals surface area contributed by atoms with Crippen molar-refractivity contribution < 1.29 is 0 Å². The molecule has 0 saturated heterocycles. The summed E-state index contributed by atoms with van der Waals surface area (Å²) in [5.41, 5.74) is 5.47. The van der Waals surface area contributed by atoms with E-state index in [0.717, 1.165) is 26.9 Å². The lowest BCUT2D eigenvalue weighted by atomic mass is 10.1. The second-order valence-electron chi connectivity index (χ2n) is 4.41. The van der Waals surface area contributed by atoms with E-state index in [0.29, 0.717) is 0 Å². The van der Waals surface area contributed by atoms with Crippen molar-refractivity contribution in [1.29, 1.82) is 0 Å². The molecule has 0 fully saturated rings. The number of rotatable bonds is 4. The second kappa shape index (κ2) is 5.97. The van der Waals surface area contributed by atoms with Crippen LogP contribution in [0.3, 0.4) is 0 Å². The highest BCUT2D eigenvalue weighted by Gasteiger charge is 2.14. The van der Waals surface area contributed by atoms with E-state index in [2.05, 4.69) is 37.4 Å². The van der Waals surface area contributed by atoms with Crippen LogP contribution in [0.4, 0.5) is 0 Å². The lowest BCUT2D eigenvalue weighted by molar-refractivity contribution is 0.542. The molecule has 102 valence electrons. The number of hydrogen-bond donors (Lipinski definition) is 2. The summed E-state index contributed by atoms with van der Waals surface area (Å²) < 4.78 is 1.12. The van der Waals surface area contributed by atoms with Crippen molar-refractivity contribution in [2.24, 2.45) is 5.84 Å².